The molecule has 1 heterocycles. The van der Waals surface area contributed by atoms with E-state index in [1.165, 1.54) is 18.5 Å². The SMILES string of the molecule is CCCC(Br)CCc1c(Cl)cnn1CC. The fourth-order valence-electron chi connectivity index (χ4n) is 1.66. The minimum absolute atomic E-state index is 0.596. The van der Waals surface area contributed by atoms with Gasteiger partial charge in [-0.1, -0.05) is 40.9 Å². The first-order valence-electron chi connectivity index (χ1n) is 5.53. The van der Waals surface area contributed by atoms with Crippen LogP contribution in [0.3, 0.4) is 0 Å². The van der Waals surface area contributed by atoms with Gasteiger partial charge in [-0.25, -0.2) is 0 Å². The zero-order valence-electron chi connectivity index (χ0n) is 9.34. The van der Waals surface area contributed by atoms with Gasteiger partial charge >= 0.3 is 0 Å². The summed E-state index contributed by atoms with van der Waals surface area (Å²) in [6.45, 7) is 5.19. The average molecular weight is 294 g/mol. The van der Waals surface area contributed by atoms with E-state index < -0.39 is 0 Å². The fourth-order valence-corrected chi connectivity index (χ4v) is 2.58. The molecule has 0 aliphatic carbocycles. The van der Waals surface area contributed by atoms with E-state index in [4.69, 9.17) is 11.6 Å². The van der Waals surface area contributed by atoms with Gasteiger partial charge in [-0.15, -0.1) is 0 Å². The molecule has 1 atom stereocenters. The van der Waals surface area contributed by atoms with Crippen LogP contribution in [0.1, 0.15) is 38.8 Å². The van der Waals surface area contributed by atoms with Gasteiger partial charge in [-0.05, 0) is 26.2 Å². The standard InChI is InChI=1S/C11H18BrClN2/c1-3-5-9(12)6-7-11-10(13)8-14-15(11)4-2/h8-9H,3-7H2,1-2H3. The van der Waals surface area contributed by atoms with E-state index in [1.54, 1.807) is 6.20 Å². The van der Waals surface area contributed by atoms with Crippen molar-refractivity contribution in [2.75, 3.05) is 0 Å². The molecule has 0 amide bonds. The van der Waals surface area contributed by atoms with E-state index in [1.807, 2.05) is 4.68 Å². The molecule has 0 aromatic carbocycles. The molecule has 0 saturated heterocycles. The second kappa shape index (κ2) is 6.54. The van der Waals surface area contributed by atoms with Gasteiger partial charge < -0.3 is 0 Å². The maximum absolute atomic E-state index is 6.09. The molecule has 0 bridgehead atoms. The van der Waals surface area contributed by atoms with Crippen LogP contribution in [0.15, 0.2) is 6.20 Å². The number of hydrogen-bond donors (Lipinski definition) is 0. The van der Waals surface area contributed by atoms with Crippen LogP contribution in [0.4, 0.5) is 0 Å². The maximum Gasteiger partial charge on any atom is 0.0817 e. The molecular formula is C11H18BrClN2. The third kappa shape index (κ3) is 3.80. The predicted molar refractivity (Wildman–Crippen MR) is 68.9 cm³/mol. The first-order chi connectivity index (χ1) is 7.19. The molecule has 1 aromatic heterocycles. The topological polar surface area (TPSA) is 17.8 Å². The molecule has 15 heavy (non-hydrogen) atoms. The molecule has 86 valence electrons. The molecule has 1 aromatic rings. The monoisotopic (exact) mass is 292 g/mol. The molecule has 0 spiro atoms. The normalized spacial score (nSPS) is 13.1. The molecule has 0 N–H and O–H groups in total. The second-order valence-corrected chi connectivity index (χ2v) is 5.38. The number of nitrogens with zero attached hydrogens (tertiary/aromatic N) is 2. The van der Waals surface area contributed by atoms with Crippen molar-refractivity contribution in [3.8, 4) is 0 Å². The summed E-state index contributed by atoms with van der Waals surface area (Å²) >= 11 is 9.77. The van der Waals surface area contributed by atoms with Crippen LogP contribution < -0.4 is 0 Å². The molecule has 2 nitrogen and oxygen atoms in total. The Balaban J connectivity index is 2.52. The molecule has 1 rings (SSSR count). The Bertz CT molecular complexity index is 299. The van der Waals surface area contributed by atoms with Crippen LogP contribution in [-0.4, -0.2) is 14.6 Å². The van der Waals surface area contributed by atoms with Gasteiger partial charge in [0.25, 0.3) is 0 Å². The summed E-state index contributed by atoms with van der Waals surface area (Å²) in [6, 6.07) is 0. The largest absolute Gasteiger partial charge is 0.268 e. The minimum Gasteiger partial charge on any atom is -0.268 e. The van der Waals surface area contributed by atoms with Crippen LogP contribution in [0.5, 0.6) is 0 Å². The average Bonchev–Trinajstić information content (AvgIpc) is 2.57. The van der Waals surface area contributed by atoms with Crippen LogP contribution in [0.25, 0.3) is 0 Å². The van der Waals surface area contributed by atoms with Crippen LogP contribution in [-0.2, 0) is 13.0 Å². The van der Waals surface area contributed by atoms with Gasteiger partial charge in [0.2, 0.25) is 0 Å². The smallest absolute Gasteiger partial charge is 0.0817 e. The first-order valence-corrected chi connectivity index (χ1v) is 6.82. The highest BCUT2D eigenvalue weighted by Gasteiger charge is 2.10. The lowest BCUT2D eigenvalue weighted by Crippen LogP contribution is -2.06. The fraction of sp³-hybridized carbons (Fsp3) is 0.727. The lowest BCUT2D eigenvalue weighted by molar-refractivity contribution is 0.598. The summed E-state index contributed by atoms with van der Waals surface area (Å²) in [5.74, 6) is 0. The summed E-state index contributed by atoms with van der Waals surface area (Å²) in [6.07, 6.45) is 6.31. The molecule has 4 heteroatoms. The van der Waals surface area contributed by atoms with Gasteiger partial charge in [0.15, 0.2) is 0 Å². The highest BCUT2D eigenvalue weighted by molar-refractivity contribution is 9.09. The van der Waals surface area contributed by atoms with Crippen molar-refractivity contribution in [1.29, 1.82) is 0 Å². The van der Waals surface area contributed by atoms with E-state index in [0.717, 1.165) is 24.4 Å². The van der Waals surface area contributed by atoms with Gasteiger partial charge in [0.05, 0.1) is 16.9 Å². The molecule has 0 aliphatic heterocycles. The number of alkyl halides is 1. The Morgan fingerprint density at radius 2 is 2.20 bits per heavy atom. The number of aromatic nitrogens is 2. The molecular weight excluding hydrogens is 275 g/mol. The Labute approximate surface area is 105 Å². The molecule has 0 radical (unpaired) electrons. The molecule has 0 fully saturated rings. The minimum atomic E-state index is 0.596. The second-order valence-electron chi connectivity index (χ2n) is 3.68. The van der Waals surface area contributed by atoms with Gasteiger partial charge in [0.1, 0.15) is 0 Å². The van der Waals surface area contributed by atoms with E-state index in [2.05, 4.69) is 34.9 Å². The zero-order chi connectivity index (χ0) is 11.3. The van der Waals surface area contributed by atoms with Crippen molar-refractivity contribution >= 4 is 27.5 Å². The third-order valence-corrected chi connectivity index (χ3v) is 3.72. The van der Waals surface area contributed by atoms with Crippen molar-refractivity contribution < 1.29 is 0 Å². The summed E-state index contributed by atoms with van der Waals surface area (Å²) in [4.78, 5) is 0.596. The summed E-state index contributed by atoms with van der Waals surface area (Å²) < 4.78 is 1.98. The van der Waals surface area contributed by atoms with Gasteiger partial charge in [0, 0.05) is 11.4 Å². The van der Waals surface area contributed by atoms with Gasteiger partial charge in [-0.2, -0.15) is 5.10 Å². The van der Waals surface area contributed by atoms with E-state index in [0.29, 0.717) is 4.83 Å². The Kier molecular flexibility index (Phi) is 5.69. The summed E-state index contributed by atoms with van der Waals surface area (Å²) in [5.41, 5.74) is 1.17. The van der Waals surface area contributed by atoms with Crippen molar-refractivity contribution in [1.82, 2.24) is 9.78 Å². The molecule has 0 aliphatic rings. The lowest BCUT2D eigenvalue weighted by atomic mass is 10.1. The first kappa shape index (κ1) is 13.0. The van der Waals surface area contributed by atoms with Gasteiger partial charge in [-0.3, -0.25) is 4.68 Å². The highest BCUT2D eigenvalue weighted by Crippen LogP contribution is 2.20. The lowest BCUT2D eigenvalue weighted by Gasteiger charge is -2.09. The zero-order valence-corrected chi connectivity index (χ0v) is 11.7. The Morgan fingerprint density at radius 1 is 1.47 bits per heavy atom. The Hall–Kier alpha value is -0.0200. The van der Waals surface area contributed by atoms with Crippen LogP contribution in [0, 0.1) is 0 Å². The van der Waals surface area contributed by atoms with Crippen molar-refractivity contribution in [3.63, 3.8) is 0 Å². The molecule has 0 saturated carbocycles. The number of aryl methyl sites for hydroxylation is 1. The summed E-state index contributed by atoms with van der Waals surface area (Å²) in [7, 11) is 0. The van der Waals surface area contributed by atoms with Crippen LogP contribution in [0.2, 0.25) is 5.02 Å². The van der Waals surface area contributed by atoms with Crippen molar-refractivity contribution in [2.24, 2.45) is 0 Å². The summed E-state index contributed by atoms with van der Waals surface area (Å²) in [5, 5.41) is 5.03. The number of hydrogen-bond acceptors (Lipinski definition) is 1. The quantitative estimate of drug-likeness (QED) is 0.724. The van der Waals surface area contributed by atoms with Crippen LogP contribution >= 0.6 is 27.5 Å². The van der Waals surface area contributed by atoms with E-state index in [-0.39, 0.29) is 0 Å². The van der Waals surface area contributed by atoms with Crippen molar-refractivity contribution in [2.45, 2.75) is 50.9 Å². The van der Waals surface area contributed by atoms with E-state index in [9.17, 15) is 0 Å². The van der Waals surface area contributed by atoms with Crippen molar-refractivity contribution in [3.05, 3.63) is 16.9 Å². The highest BCUT2D eigenvalue weighted by atomic mass is 79.9. The maximum atomic E-state index is 6.09. The third-order valence-electron chi connectivity index (χ3n) is 2.49. The number of rotatable bonds is 6. The number of halogens is 2. The molecule has 1 unspecified atom stereocenters. The van der Waals surface area contributed by atoms with E-state index >= 15 is 0 Å². The predicted octanol–water partition coefficient (Wildman–Crippen LogP) is 4.05. The Morgan fingerprint density at radius 3 is 2.80 bits per heavy atom.